The Balaban J connectivity index is 2.19. The summed E-state index contributed by atoms with van der Waals surface area (Å²) in [6.45, 7) is 3.77. The summed E-state index contributed by atoms with van der Waals surface area (Å²) in [6, 6.07) is 12.2. The topological polar surface area (TPSA) is 54.9 Å². The molecule has 0 atom stereocenters. The van der Waals surface area contributed by atoms with Crippen LogP contribution in [0.3, 0.4) is 0 Å². The molecule has 2 aromatic carbocycles. The number of nitrogens with one attached hydrogen (secondary N) is 1. The molecular weight excluding hydrogens is 349 g/mol. The van der Waals surface area contributed by atoms with Gasteiger partial charge in [-0.25, -0.2) is 14.4 Å². The predicted molar refractivity (Wildman–Crippen MR) is 104 cm³/mol. The van der Waals surface area contributed by atoms with E-state index in [9.17, 15) is 9.18 Å². The van der Waals surface area contributed by atoms with E-state index in [2.05, 4.69) is 15.3 Å². The van der Waals surface area contributed by atoms with Gasteiger partial charge >= 0.3 is 0 Å². The second kappa shape index (κ2) is 7.66. The highest BCUT2D eigenvalue weighted by Crippen LogP contribution is 2.32. The Morgan fingerprint density at radius 1 is 1.08 bits per heavy atom. The summed E-state index contributed by atoms with van der Waals surface area (Å²) >= 11 is 1.38. The van der Waals surface area contributed by atoms with E-state index in [0.29, 0.717) is 33.4 Å². The summed E-state index contributed by atoms with van der Waals surface area (Å²) in [7, 11) is 0. The quantitative estimate of drug-likeness (QED) is 0.383. The van der Waals surface area contributed by atoms with Gasteiger partial charge in [-0.1, -0.05) is 30.0 Å². The zero-order valence-corrected chi connectivity index (χ0v) is 15.5. The number of nitrogens with zero attached hydrogens (tertiary/aromatic N) is 2. The highest BCUT2D eigenvalue weighted by molar-refractivity contribution is 7.98. The van der Waals surface area contributed by atoms with Gasteiger partial charge in [-0.3, -0.25) is 4.79 Å². The molecule has 26 heavy (non-hydrogen) atoms. The molecule has 0 saturated carbocycles. The van der Waals surface area contributed by atoms with Crippen LogP contribution in [0, 0.1) is 19.7 Å². The van der Waals surface area contributed by atoms with E-state index in [4.69, 9.17) is 0 Å². The van der Waals surface area contributed by atoms with Gasteiger partial charge in [0.2, 0.25) is 0 Å². The largest absolute Gasteiger partial charge is 0.339 e. The third kappa shape index (κ3) is 3.60. The predicted octanol–water partition coefficient (Wildman–Crippen LogP) is 5.18. The van der Waals surface area contributed by atoms with Crippen LogP contribution in [-0.4, -0.2) is 22.5 Å². The SMILES string of the molecule is CSc1nc(Nc2ccccc2C)c(C=O)c(-c2ccc(F)cc2C)n1. The standard InChI is InChI=1S/C20H18FN3OS/c1-12-6-4-5-7-17(12)22-19-16(11-25)18(23-20(24-19)26-3)15-9-8-14(21)10-13(15)2/h4-11H,1-3H3,(H,22,23,24). The van der Waals surface area contributed by atoms with Crippen LogP contribution in [-0.2, 0) is 0 Å². The molecule has 4 nitrogen and oxygen atoms in total. The molecule has 0 radical (unpaired) electrons. The average molecular weight is 367 g/mol. The monoisotopic (exact) mass is 367 g/mol. The first kappa shape index (κ1) is 18.1. The minimum atomic E-state index is -0.323. The van der Waals surface area contributed by atoms with E-state index >= 15 is 0 Å². The maximum atomic E-state index is 13.5. The molecule has 0 bridgehead atoms. The number of hydrogen-bond acceptors (Lipinski definition) is 5. The Hall–Kier alpha value is -2.73. The first-order chi connectivity index (χ1) is 12.5. The molecule has 0 spiro atoms. The van der Waals surface area contributed by atoms with E-state index in [1.165, 1.54) is 23.9 Å². The van der Waals surface area contributed by atoms with E-state index in [-0.39, 0.29) is 5.82 Å². The van der Waals surface area contributed by atoms with Crippen molar-refractivity contribution in [2.45, 2.75) is 19.0 Å². The lowest BCUT2D eigenvalue weighted by Gasteiger charge is -2.15. The first-order valence-corrected chi connectivity index (χ1v) is 9.26. The summed E-state index contributed by atoms with van der Waals surface area (Å²) in [6.07, 6.45) is 2.61. The number of hydrogen-bond donors (Lipinski definition) is 1. The summed E-state index contributed by atoms with van der Waals surface area (Å²) in [5, 5.41) is 3.77. The number of carbonyl (C=O) groups is 1. The van der Waals surface area contributed by atoms with Crippen molar-refractivity contribution >= 4 is 29.6 Å². The lowest BCUT2D eigenvalue weighted by Crippen LogP contribution is -2.06. The lowest BCUT2D eigenvalue weighted by atomic mass is 10.0. The molecule has 0 aliphatic heterocycles. The molecule has 6 heteroatoms. The number of halogens is 1. The van der Waals surface area contributed by atoms with Crippen molar-refractivity contribution in [2.75, 3.05) is 11.6 Å². The Labute approximate surface area is 155 Å². The number of thioether (sulfide) groups is 1. The van der Waals surface area contributed by atoms with E-state index in [1.54, 1.807) is 13.0 Å². The maximum Gasteiger partial charge on any atom is 0.189 e. The van der Waals surface area contributed by atoms with Crippen LogP contribution >= 0.6 is 11.8 Å². The molecular formula is C20H18FN3OS. The number of aromatic nitrogens is 2. The van der Waals surface area contributed by atoms with Gasteiger partial charge in [0.05, 0.1) is 11.3 Å². The van der Waals surface area contributed by atoms with Gasteiger partial charge in [0.15, 0.2) is 11.4 Å². The molecule has 0 aliphatic rings. The zero-order chi connectivity index (χ0) is 18.7. The van der Waals surface area contributed by atoms with Crippen molar-refractivity contribution in [1.29, 1.82) is 0 Å². The van der Waals surface area contributed by atoms with Crippen LogP contribution in [0.25, 0.3) is 11.3 Å². The van der Waals surface area contributed by atoms with Crippen LogP contribution in [0.5, 0.6) is 0 Å². The maximum absolute atomic E-state index is 13.5. The van der Waals surface area contributed by atoms with Crippen molar-refractivity contribution in [3.05, 3.63) is 65.0 Å². The Morgan fingerprint density at radius 2 is 1.85 bits per heavy atom. The average Bonchev–Trinajstić information content (AvgIpc) is 2.63. The molecule has 0 aliphatic carbocycles. The van der Waals surface area contributed by atoms with Crippen LogP contribution in [0.2, 0.25) is 0 Å². The van der Waals surface area contributed by atoms with E-state index < -0.39 is 0 Å². The Morgan fingerprint density at radius 3 is 2.50 bits per heavy atom. The number of benzene rings is 2. The molecule has 1 heterocycles. The lowest BCUT2D eigenvalue weighted by molar-refractivity contribution is 0.112. The highest BCUT2D eigenvalue weighted by atomic mass is 32.2. The fourth-order valence-corrected chi connectivity index (χ4v) is 3.05. The summed E-state index contributed by atoms with van der Waals surface area (Å²) in [5.41, 5.74) is 4.16. The van der Waals surface area contributed by atoms with Crippen LogP contribution in [0.1, 0.15) is 21.5 Å². The smallest absolute Gasteiger partial charge is 0.189 e. The van der Waals surface area contributed by atoms with Crippen LogP contribution in [0.15, 0.2) is 47.6 Å². The van der Waals surface area contributed by atoms with Gasteiger partial charge in [-0.15, -0.1) is 0 Å². The number of carbonyl (C=O) groups excluding carboxylic acids is 1. The molecule has 0 fully saturated rings. The fourth-order valence-electron chi connectivity index (χ4n) is 2.69. The zero-order valence-electron chi connectivity index (χ0n) is 14.7. The number of anilines is 2. The van der Waals surface area contributed by atoms with Crippen LogP contribution < -0.4 is 5.32 Å². The third-order valence-corrected chi connectivity index (χ3v) is 4.61. The first-order valence-electron chi connectivity index (χ1n) is 8.04. The Kier molecular flexibility index (Phi) is 5.32. The van der Waals surface area contributed by atoms with Gasteiger partial charge in [-0.05, 0) is 55.5 Å². The fraction of sp³-hybridized carbons (Fsp3) is 0.150. The van der Waals surface area contributed by atoms with E-state index in [1.807, 2.05) is 37.4 Å². The molecule has 0 amide bonds. The number of aryl methyl sites for hydroxylation is 2. The molecule has 1 N–H and O–H groups in total. The van der Waals surface area contributed by atoms with Gasteiger partial charge in [-0.2, -0.15) is 0 Å². The van der Waals surface area contributed by atoms with Gasteiger partial charge in [0, 0.05) is 11.3 Å². The minimum absolute atomic E-state index is 0.323. The van der Waals surface area contributed by atoms with Gasteiger partial charge in [0.25, 0.3) is 0 Å². The number of rotatable bonds is 5. The van der Waals surface area contributed by atoms with Gasteiger partial charge in [0.1, 0.15) is 11.6 Å². The third-order valence-electron chi connectivity index (χ3n) is 4.07. The molecule has 1 aromatic heterocycles. The van der Waals surface area contributed by atoms with Crippen molar-refractivity contribution in [2.24, 2.45) is 0 Å². The van der Waals surface area contributed by atoms with Crippen molar-refractivity contribution < 1.29 is 9.18 Å². The molecule has 0 unspecified atom stereocenters. The molecule has 0 saturated heterocycles. The second-order valence-corrected chi connectivity index (χ2v) is 6.61. The number of para-hydroxylation sites is 1. The number of aldehydes is 1. The van der Waals surface area contributed by atoms with E-state index in [0.717, 1.165) is 17.5 Å². The molecule has 132 valence electrons. The van der Waals surface area contributed by atoms with Crippen molar-refractivity contribution in [3.8, 4) is 11.3 Å². The van der Waals surface area contributed by atoms with Crippen molar-refractivity contribution in [1.82, 2.24) is 9.97 Å². The molecule has 3 rings (SSSR count). The summed E-state index contributed by atoms with van der Waals surface area (Å²) in [4.78, 5) is 20.8. The normalized spacial score (nSPS) is 10.6. The highest BCUT2D eigenvalue weighted by Gasteiger charge is 2.18. The van der Waals surface area contributed by atoms with Crippen LogP contribution in [0.4, 0.5) is 15.9 Å². The minimum Gasteiger partial charge on any atom is -0.339 e. The van der Waals surface area contributed by atoms with Crippen molar-refractivity contribution in [3.63, 3.8) is 0 Å². The van der Waals surface area contributed by atoms with Gasteiger partial charge < -0.3 is 5.32 Å². The summed E-state index contributed by atoms with van der Waals surface area (Å²) in [5.74, 6) is 0.115. The Bertz CT molecular complexity index is 975. The molecule has 3 aromatic rings. The summed E-state index contributed by atoms with van der Waals surface area (Å²) < 4.78 is 13.5. The second-order valence-electron chi connectivity index (χ2n) is 5.84.